The van der Waals surface area contributed by atoms with E-state index in [1.54, 1.807) is 15.9 Å². The molecule has 1 amide bonds. The number of benzene rings is 2. The number of rotatable bonds is 6. The molecule has 0 aliphatic heterocycles. The summed E-state index contributed by atoms with van der Waals surface area (Å²) in [5.74, 6) is 0.540. The fourth-order valence-corrected chi connectivity index (χ4v) is 5.33. The van der Waals surface area contributed by atoms with E-state index >= 15 is 0 Å². The van der Waals surface area contributed by atoms with E-state index in [0.717, 1.165) is 21.7 Å². The molecule has 0 saturated heterocycles. The summed E-state index contributed by atoms with van der Waals surface area (Å²) in [5, 5.41) is 14.8. The predicted octanol–water partition coefficient (Wildman–Crippen LogP) is 4.12. The number of amides is 1. The third-order valence-corrected chi connectivity index (χ3v) is 7.24. The molecule has 7 nitrogen and oxygen atoms in total. The van der Waals surface area contributed by atoms with Gasteiger partial charge in [-0.25, -0.2) is 4.57 Å². The van der Waals surface area contributed by atoms with Crippen LogP contribution in [0.1, 0.15) is 16.0 Å². The largest absolute Gasteiger partial charge is 0.350 e. The number of carbonyl (C=O) groups is 1. The Bertz CT molecular complexity index is 1520. The van der Waals surface area contributed by atoms with E-state index in [0.29, 0.717) is 28.4 Å². The second-order valence-electron chi connectivity index (χ2n) is 7.66. The standard InChI is InChI=1S/C24H21N5O2S2/c1-15-7-5-8-16(2)21(15)29-22(31)18-10-3-4-11-19(18)28-23(29)26-27-24(28)33-14-20(30)25-13-17-9-6-12-32-17/h3-12H,13-14H2,1-2H3,(H,25,30). The van der Waals surface area contributed by atoms with Crippen LogP contribution < -0.4 is 10.9 Å². The zero-order chi connectivity index (χ0) is 22.9. The lowest BCUT2D eigenvalue weighted by Crippen LogP contribution is -2.24. The van der Waals surface area contributed by atoms with Crippen LogP contribution in [0, 0.1) is 13.8 Å². The highest BCUT2D eigenvalue weighted by atomic mass is 32.2. The average Bonchev–Trinajstić information content (AvgIpc) is 3.48. The fraction of sp³-hybridized carbons (Fsp3) is 0.167. The highest BCUT2D eigenvalue weighted by Crippen LogP contribution is 2.25. The van der Waals surface area contributed by atoms with Crippen molar-refractivity contribution >= 4 is 45.7 Å². The van der Waals surface area contributed by atoms with Gasteiger partial charge in [0.15, 0.2) is 5.16 Å². The lowest BCUT2D eigenvalue weighted by atomic mass is 10.1. The topological polar surface area (TPSA) is 81.3 Å². The van der Waals surface area contributed by atoms with Crippen molar-refractivity contribution in [2.45, 2.75) is 25.5 Å². The Morgan fingerprint density at radius 1 is 1.03 bits per heavy atom. The van der Waals surface area contributed by atoms with Crippen molar-refractivity contribution in [1.82, 2.24) is 24.5 Å². The van der Waals surface area contributed by atoms with E-state index in [1.807, 2.05) is 78.2 Å². The van der Waals surface area contributed by atoms with E-state index in [2.05, 4.69) is 15.5 Å². The molecule has 0 saturated carbocycles. The van der Waals surface area contributed by atoms with Gasteiger partial charge in [0, 0.05) is 4.88 Å². The molecular formula is C24H21N5O2S2. The Kier molecular flexibility index (Phi) is 5.74. The summed E-state index contributed by atoms with van der Waals surface area (Å²) in [5.41, 5.74) is 3.31. The molecule has 0 aliphatic carbocycles. The number of nitrogens with zero attached hydrogens (tertiary/aromatic N) is 4. The number of carbonyl (C=O) groups excluding carboxylic acids is 1. The second kappa shape index (κ2) is 8.84. The number of thiophene rings is 1. The molecule has 0 radical (unpaired) electrons. The Balaban J connectivity index is 1.57. The maximum atomic E-state index is 13.5. The molecule has 3 heterocycles. The van der Waals surface area contributed by atoms with Crippen LogP contribution in [0.4, 0.5) is 0 Å². The Labute approximate surface area is 198 Å². The van der Waals surface area contributed by atoms with Crippen molar-refractivity contribution < 1.29 is 4.79 Å². The molecule has 0 unspecified atom stereocenters. The van der Waals surface area contributed by atoms with Crippen molar-refractivity contribution in [2.24, 2.45) is 0 Å². The van der Waals surface area contributed by atoms with Crippen molar-refractivity contribution in [3.63, 3.8) is 0 Å². The molecule has 0 fully saturated rings. The zero-order valence-electron chi connectivity index (χ0n) is 18.1. The van der Waals surface area contributed by atoms with Crippen molar-refractivity contribution in [3.05, 3.63) is 86.3 Å². The minimum atomic E-state index is -0.145. The van der Waals surface area contributed by atoms with Crippen LogP contribution in [-0.4, -0.2) is 30.8 Å². The average molecular weight is 476 g/mol. The maximum Gasteiger partial charge on any atom is 0.267 e. The van der Waals surface area contributed by atoms with Gasteiger partial charge >= 0.3 is 0 Å². The number of thioether (sulfide) groups is 1. The molecule has 166 valence electrons. The van der Waals surface area contributed by atoms with Gasteiger partial charge in [-0.15, -0.1) is 21.5 Å². The lowest BCUT2D eigenvalue weighted by Gasteiger charge is -2.15. The first-order valence-corrected chi connectivity index (χ1v) is 12.3. The summed E-state index contributed by atoms with van der Waals surface area (Å²) in [7, 11) is 0. The maximum absolute atomic E-state index is 13.5. The van der Waals surface area contributed by atoms with E-state index < -0.39 is 0 Å². The fourth-order valence-electron chi connectivity index (χ4n) is 3.91. The van der Waals surface area contributed by atoms with Gasteiger partial charge in [0.05, 0.1) is 28.9 Å². The highest BCUT2D eigenvalue weighted by molar-refractivity contribution is 7.99. The molecule has 0 bridgehead atoms. The Morgan fingerprint density at radius 3 is 2.58 bits per heavy atom. The summed E-state index contributed by atoms with van der Waals surface area (Å²) < 4.78 is 3.49. The molecule has 5 aromatic rings. The number of nitrogens with one attached hydrogen (secondary N) is 1. The highest BCUT2D eigenvalue weighted by Gasteiger charge is 2.20. The van der Waals surface area contributed by atoms with Crippen LogP contribution in [0.3, 0.4) is 0 Å². The van der Waals surface area contributed by atoms with Crippen molar-refractivity contribution in [2.75, 3.05) is 5.75 Å². The minimum absolute atomic E-state index is 0.0856. The quantitative estimate of drug-likeness (QED) is 0.374. The summed E-state index contributed by atoms with van der Waals surface area (Å²) in [4.78, 5) is 27.1. The van der Waals surface area contributed by atoms with E-state index in [1.165, 1.54) is 11.8 Å². The Morgan fingerprint density at radius 2 is 1.82 bits per heavy atom. The number of para-hydroxylation sites is 2. The van der Waals surface area contributed by atoms with Crippen LogP contribution >= 0.6 is 23.1 Å². The van der Waals surface area contributed by atoms with Crippen LogP contribution in [0.2, 0.25) is 0 Å². The molecule has 5 rings (SSSR count). The second-order valence-corrected chi connectivity index (χ2v) is 9.64. The smallest absolute Gasteiger partial charge is 0.267 e. The minimum Gasteiger partial charge on any atom is -0.350 e. The van der Waals surface area contributed by atoms with Gasteiger partial charge in [-0.1, -0.05) is 48.2 Å². The van der Waals surface area contributed by atoms with E-state index in [-0.39, 0.29) is 17.2 Å². The molecule has 33 heavy (non-hydrogen) atoms. The molecule has 3 aromatic heterocycles. The first-order valence-electron chi connectivity index (χ1n) is 10.4. The third-order valence-electron chi connectivity index (χ3n) is 5.43. The lowest BCUT2D eigenvalue weighted by molar-refractivity contribution is -0.118. The molecule has 9 heteroatoms. The SMILES string of the molecule is Cc1cccc(C)c1-n1c(=O)c2ccccc2n2c(SCC(=O)NCc3cccs3)nnc12. The van der Waals surface area contributed by atoms with Crippen molar-refractivity contribution in [3.8, 4) is 5.69 Å². The monoisotopic (exact) mass is 475 g/mol. The van der Waals surface area contributed by atoms with Crippen LogP contribution in [0.25, 0.3) is 22.4 Å². The molecule has 0 aliphatic rings. The van der Waals surface area contributed by atoms with Gasteiger partial charge in [0.2, 0.25) is 11.7 Å². The number of aryl methyl sites for hydroxylation is 2. The molecule has 0 spiro atoms. The number of fused-ring (bicyclic) bond motifs is 3. The Hall–Kier alpha value is -3.43. The third kappa shape index (κ3) is 3.94. The number of hydrogen-bond donors (Lipinski definition) is 1. The zero-order valence-corrected chi connectivity index (χ0v) is 19.7. The summed E-state index contributed by atoms with van der Waals surface area (Å²) in [6.07, 6.45) is 0. The number of hydrogen-bond acceptors (Lipinski definition) is 6. The molecule has 0 atom stereocenters. The van der Waals surface area contributed by atoms with Crippen LogP contribution in [0.5, 0.6) is 0 Å². The molecular weight excluding hydrogens is 454 g/mol. The van der Waals surface area contributed by atoms with Crippen LogP contribution in [0.15, 0.2) is 69.9 Å². The van der Waals surface area contributed by atoms with Gasteiger partial charge in [0.25, 0.3) is 5.56 Å². The number of aromatic nitrogens is 4. The first-order chi connectivity index (χ1) is 16.0. The van der Waals surface area contributed by atoms with Gasteiger partial charge in [0.1, 0.15) is 0 Å². The van der Waals surface area contributed by atoms with Gasteiger partial charge in [-0.3, -0.25) is 14.0 Å². The predicted molar refractivity (Wildman–Crippen MR) is 132 cm³/mol. The summed E-state index contributed by atoms with van der Waals surface area (Å²) >= 11 is 2.91. The van der Waals surface area contributed by atoms with Crippen LogP contribution in [-0.2, 0) is 11.3 Å². The summed E-state index contributed by atoms with van der Waals surface area (Å²) in [6, 6.07) is 17.3. The van der Waals surface area contributed by atoms with Crippen molar-refractivity contribution in [1.29, 1.82) is 0 Å². The van der Waals surface area contributed by atoms with Gasteiger partial charge < -0.3 is 5.32 Å². The first kappa shape index (κ1) is 21.4. The normalized spacial score (nSPS) is 11.3. The van der Waals surface area contributed by atoms with Gasteiger partial charge in [-0.2, -0.15) is 0 Å². The molecule has 1 N–H and O–H groups in total. The molecule has 2 aromatic carbocycles. The summed E-state index contributed by atoms with van der Waals surface area (Å²) in [6.45, 7) is 4.46. The van der Waals surface area contributed by atoms with E-state index in [9.17, 15) is 9.59 Å². The van der Waals surface area contributed by atoms with Gasteiger partial charge in [-0.05, 0) is 48.6 Å². The van der Waals surface area contributed by atoms with E-state index in [4.69, 9.17) is 0 Å².